The first-order valence-electron chi connectivity index (χ1n) is 13.7. The van der Waals surface area contributed by atoms with E-state index in [2.05, 4.69) is 17.5 Å². The van der Waals surface area contributed by atoms with Crippen LogP contribution in [-0.4, -0.2) is 28.7 Å². The van der Waals surface area contributed by atoms with Gasteiger partial charge in [-0.15, -0.1) is 0 Å². The Morgan fingerprint density at radius 2 is 1.41 bits per heavy atom. The van der Waals surface area contributed by atoms with Gasteiger partial charge in [-0.3, -0.25) is 19.3 Å². The lowest BCUT2D eigenvalue weighted by Crippen LogP contribution is -2.49. The van der Waals surface area contributed by atoms with E-state index in [0.29, 0.717) is 23.3 Å². The number of carbonyl (C=O) groups excluding carboxylic acids is 3. The average molecular weight is 519 g/mol. The number of rotatable bonds is 7. The van der Waals surface area contributed by atoms with Gasteiger partial charge in [0.2, 0.25) is 17.7 Å². The molecule has 2 bridgehead atoms. The zero-order valence-corrected chi connectivity index (χ0v) is 21.7. The molecule has 3 fully saturated rings. The van der Waals surface area contributed by atoms with Gasteiger partial charge >= 0.3 is 0 Å². The van der Waals surface area contributed by atoms with Crippen molar-refractivity contribution in [3.05, 3.63) is 102 Å². The number of imide groups is 1. The Balaban J connectivity index is 1.12. The summed E-state index contributed by atoms with van der Waals surface area (Å²) in [6, 6.07) is 23.6. The average Bonchev–Trinajstić information content (AvgIpc) is 3.73. The maximum absolute atomic E-state index is 13.8. The number of hydrogen-bond donors (Lipinski definition) is 1. The van der Waals surface area contributed by atoms with Crippen LogP contribution < -0.4 is 10.1 Å². The Hall–Kier alpha value is -4.19. The molecule has 1 saturated heterocycles. The second kappa shape index (κ2) is 9.23. The molecule has 3 amide bonds. The first-order chi connectivity index (χ1) is 19.0. The molecular weight excluding hydrogens is 488 g/mol. The number of aryl methyl sites for hydroxylation is 1. The van der Waals surface area contributed by atoms with Crippen molar-refractivity contribution in [1.82, 2.24) is 4.90 Å². The second-order valence-electron chi connectivity index (χ2n) is 11.3. The van der Waals surface area contributed by atoms with Crippen molar-refractivity contribution < 1.29 is 19.1 Å². The van der Waals surface area contributed by atoms with E-state index in [1.165, 1.54) is 4.90 Å². The molecule has 2 saturated carbocycles. The zero-order chi connectivity index (χ0) is 26.7. The number of hydrogen-bond acceptors (Lipinski definition) is 4. The Labute approximate surface area is 227 Å². The molecule has 1 aliphatic heterocycles. The quantitative estimate of drug-likeness (QED) is 0.336. The molecule has 0 radical (unpaired) electrons. The maximum Gasteiger partial charge on any atom is 0.248 e. The van der Waals surface area contributed by atoms with E-state index in [-0.39, 0.29) is 47.8 Å². The van der Waals surface area contributed by atoms with E-state index in [1.54, 1.807) is 24.3 Å². The van der Waals surface area contributed by atoms with E-state index in [9.17, 15) is 14.4 Å². The zero-order valence-electron chi connectivity index (χ0n) is 21.7. The summed E-state index contributed by atoms with van der Waals surface area (Å²) in [6.07, 6.45) is 5.68. The molecule has 5 aliphatic rings. The van der Waals surface area contributed by atoms with Crippen molar-refractivity contribution in [3.8, 4) is 11.5 Å². The lowest BCUT2D eigenvalue weighted by Gasteiger charge is -2.37. The van der Waals surface area contributed by atoms with Gasteiger partial charge in [-0.1, -0.05) is 60.2 Å². The van der Waals surface area contributed by atoms with Crippen LogP contribution in [0.2, 0.25) is 0 Å². The first kappa shape index (κ1) is 23.9. The highest BCUT2D eigenvalue weighted by molar-refractivity contribution is 6.10. The van der Waals surface area contributed by atoms with Gasteiger partial charge in [0, 0.05) is 12.1 Å². The topological polar surface area (TPSA) is 75.7 Å². The largest absolute Gasteiger partial charge is 0.457 e. The fourth-order valence-corrected chi connectivity index (χ4v) is 7.00. The summed E-state index contributed by atoms with van der Waals surface area (Å²) < 4.78 is 5.91. The number of allylic oxidation sites excluding steroid dienone is 2. The Kier molecular flexibility index (Phi) is 5.65. The van der Waals surface area contributed by atoms with Gasteiger partial charge < -0.3 is 10.1 Å². The van der Waals surface area contributed by atoms with Crippen molar-refractivity contribution in [2.24, 2.45) is 35.5 Å². The highest BCUT2D eigenvalue weighted by Crippen LogP contribution is 2.65. The number of carbonyl (C=O) groups is 3. The second-order valence-corrected chi connectivity index (χ2v) is 11.3. The highest BCUT2D eigenvalue weighted by Gasteiger charge is 2.67. The first-order valence-corrected chi connectivity index (χ1v) is 13.7. The number of likely N-dealkylation sites (tertiary alicyclic amines) is 1. The van der Waals surface area contributed by atoms with Crippen LogP contribution in [0.1, 0.15) is 17.5 Å². The third kappa shape index (κ3) is 4.15. The van der Waals surface area contributed by atoms with Gasteiger partial charge in [-0.2, -0.15) is 0 Å². The van der Waals surface area contributed by atoms with E-state index in [1.807, 2.05) is 61.5 Å². The Bertz CT molecular complexity index is 1430. The molecule has 8 rings (SSSR count). The smallest absolute Gasteiger partial charge is 0.248 e. The van der Waals surface area contributed by atoms with Gasteiger partial charge in [0.15, 0.2) is 0 Å². The summed E-state index contributed by atoms with van der Waals surface area (Å²) in [7, 11) is 0. The normalized spacial score (nSPS) is 28.6. The van der Waals surface area contributed by atoms with E-state index < -0.39 is 6.04 Å². The Morgan fingerprint density at radius 3 is 2.00 bits per heavy atom. The summed E-state index contributed by atoms with van der Waals surface area (Å²) in [5.74, 6) is 1.24. The van der Waals surface area contributed by atoms with Crippen LogP contribution in [0.3, 0.4) is 0 Å². The summed E-state index contributed by atoms with van der Waals surface area (Å²) >= 11 is 0. The summed E-state index contributed by atoms with van der Waals surface area (Å²) in [4.78, 5) is 42.7. The van der Waals surface area contributed by atoms with Gasteiger partial charge in [0.05, 0.1) is 11.8 Å². The van der Waals surface area contributed by atoms with Crippen molar-refractivity contribution in [3.63, 3.8) is 0 Å². The van der Waals surface area contributed by atoms with Crippen LogP contribution in [0.5, 0.6) is 11.5 Å². The third-order valence-electron chi connectivity index (χ3n) is 8.96. The third-order valence-corrected chi connectivity index (χ3v) is 8.96. The van der Waals surface area contributed by atoms with Crippen molar-refractivity contribution >= 4 is 23.4 Å². The van der Waals surface area contributed by atoms with Crippen molar-refractivity contribution in [1.29, 1.82) is 0 Å². The van der Waals surface area contributed by atoms with Gasteiger partial charge in [-0.25, -0.2) is 0 Å². The van der Waals surface area contributed by atoms with Crippen LogP contribution in [-0.2, 0) is 20.8 Å². The molecule has 0 spiro atoms. The molecule has 1 N–H and O–H groups in total. The molecule has 3 aromatic carbocycles. The number of nitrogens with one attached hydrogen (secondary N) is 1. The summed E-state index contributed by atoms with van der Waals surface area (Å²) in [5.41, 5.74) is 2.63. The molecular formula is C33H30N2O4. The molecule has 0 unspecified atom stereocenters. The van der Waals surface area contributed by atoms with Crippen LogP contribution in [0, 0.1) is 42.4 Å². The predicted molar refractivity (Wildman–Crippen MR) is 147 cm³/mol. The van der Waals surface area contributed by atoms with Crippen LogP contribution in [0.25, 0.3) is 0 Å². The lowest BCUT2D eigenvalue weighted by molar-refractivity contribution is -0.146. The number of nitrogens with zero attached hydrogens (tertiary/aromatic N) is 1. The molecule has 1 heterocycles. The molecule has 4 aliphatic carbocycles. The highest BCUT2D eigenvalue weighted by atomic mass is 16.5. The number of ether oxygens (including phenoxy) is 1. The molecule has 39 heavy (non-hydrogen) atoms. The minimum atomic E-state index is -0.919. The SMILES string of the molecule is Cc1ccc(Oc2ccc(NC(=O)[C@@H](Cc3ccccc3)N3C(=O)[C@@H]4[C@@H]5C=C[C@H]([C@H]6C[C@H]56)[C@@H]4C3=O)cc2)cc1. The van der Waals surface area contributed by atoms with Gasteiger partial charge in [0.1, 0.15) is 17.5 Å². The number of anilines is 1. The van der Waals surface area contributed by atoms with Gasteiger partial charge in [-0.05, 0) is 79.0 Å². The molecule has 3 aromatic rings. The predicted octanol–water partition coefficient (Wildman–Crippen LogP) is 5.39. The summed E-state index contributed by atoms with van der Waals surface area (Å²) in [5, 5.41) is 2.96. The van der Waals surface area contributed by atoms with E-state index in [0.717, 1.165) is 23.3 Å². The molecule has 6 nitrogen and oxygen atoms in total. The minimum Gasteiger partial charge on any atom is -0.457 e. The van der Waals surface area contributed by atoms with Crippen LogP contribution in [0.15, 0.2) is 91.0 Å². The molecule has 0 aromatic heterocycles. The van der Waals surface area contributed by atoms with Crippen molar-refractivity contribution in [2.45, 2.75) is 25.8 Å². The van der Waals surface area contributed by atoms with Crippen LogP contribution in [0.4, 0.5) is 5.69 Å². The monoisotopic (exact) mass is 518 g/mol. The van der Waals surface area contributed by atoms with Crippen molar-refractivity contribution in [2.75, 3.05) is 5.32 Å². The fraction of sp³-hybridized carbons (Fsp3) is 0.303. The Morgan fingerprint density at radius 1 is 0.846 bits per heavy atom. The minimum absolute atomic E-state index is 0.118. The number of amides is 3. The van der Waals surface area contributed by atoms with Gasteiger partial charge in [0.25, 0.3) is 0 Å². The fourth-order valence-electron chi connectivity index (χ4n) is 7.00. The molecule has 6 heteroatoms. The van der Waals surface area contributed by atoms with E-state index in [4.69, 9.17) is 4.74 Å². The molecule has 7 atom stereocenters. The summed E-state index contributed by atoms with van der Waals surface area (Å²) in [6.45, 7) is 2.02. The van der Waals surface area contributed by atoms with Crippen LogP contribution >= 0.6 is 0 Å². The standard InChI is InChI=1S/C33H30N2O4/c1-19-7-11-22(12-8-19)39-23-13-9-21(10-14-23)34-31(36)28(17-20-5-3-2-4-6-20)35-32(37)29-24-15-16-25(27-18-26(24)27)30(29)33(35)38/h2-16,24-30H,17-18H2,1H3,(H,34,36)/t24-,25-,26-,27-,28-,29-,30+/m1/s1. The number of benzene rings is 3. The van der Waals surface area contributed by atoms with E-state index >= 15 is 0 Å². The maximum atomic E-state index is 13.8. The molecule has 196 valence electrons. The lowest BCUT2D eigenvalue weighted by atomic mass is 9.63.